The minimum Gasteiger partial charge on any atom is -0.461 e. The summed E-state index contributed by atoms with van der Waals surface area (Å²) in [6, 6.07) is 11.5. The van der Waals surface area contributed by atoms with Crippen LogP contribution in [0, 0.1) is 6.92 Å². The molecular weight excluding hydrogens is 370 g/mol. The molecule has 8 heteroatoms. The van der Waals surface area contributed by atoms with Gasteiger partial charge in [-0.3, -0.25) is 9.69 Å². The van der Waals surface area contributed by atoms with E-state index in [1.807, 2.05) is 31.2 Å². The van der Waals surface area contributed by atoms with E-state index in [-0.39, 0.29) is 11.7 Å². The number of hydrogen-bond donors (Lipinski definition) is 1. The zero-order valence-electron chi connectivity index (χ0n) is 16.5. The van der Waals surface area contributed by atoms with Gasteiger partial charge in [0.25, 0.3) is 5.91 Å². The van der Waals surface area contributed by atoms with Gasteiger partial charge in [-0.2, -0.15) is 4.98 Å². The maximum atomic E-state index is 12.6. The lowest BCUT2D eigenvalue weighted by Crippen LogP contribution is -2.38. The van der Waals surface area contributed by atoms with Crippen LogP contribution in [-0.4, -0.2) is 65.0 Å². The SMILES string of the molecule is Cc1cccc(-n2nc(C(=O)NCCCN3CCOCC3)nc2-c2ccco2)c1. The van der Waals surface area contributed by atoms with Gasteiger partial charge in [0.15, 0.2) is 11.6 Å². The molecule has 152 valence electrons. The Morgan fingerprint density at radius 1 is 1.21 bits per heavy atom. The quantitative estimate of drug-likeness (QED) is 0.618. The van der Waals surface area contributed by atoms with Gasteiger partial charge in [0, 0.05) is 19.6 Å². The molecule has 1 aliphatic heterocycles. The van der Waals surface area contributed by atoms with Gasteiger partial charge in [0.2, 0.25) is 5.82 Å². The molecule has 0 radical (unpaired) electrons. The lowest BCUT2D eigenvalue weighted by molar-refractivity contribution is 0.0374. The van der Waals surface area contributed by atoms with E-state index >= 15 is 0 Å². The van der Waals surface area contributed by atoms with Crippen molar-refractivity contribution in [2.24, 2.45) is 0 Å². The summed E-state index contributed by atoms with van der Waals surface area (Å²) in [5.41, 5.74) is 1.92. The van der Waals surface area contributed by atoms with E-state index in [1.165, 1.54) is 0 Å². The van der Waals surface area contributed by atoms with E-state index in [9.17, 15) is 4.79 Å². The Morgan fingerprint density at radius 2 is 2.07 bits per heavy atom. The molecule has 1 aliphatic rings. The largest absolute Gasteiger partial charge is 0.461 e. The van der Waals surface area contributed by atoms with Crippen molar-refractivity contribution in [3.63, 3.8) is 0 Å². The van der Waals surface area contributed by atoms with Crippen molar-refractivity contribution in [2.45, 2.75) is 13.3 Å². The minimum absolute atomic E-state index is 0.129. The fourth-order valence-electron chi connectivity index (χ4n) is 3.32. The van der Waals surface area contributed by atoms with Crippen LogP contribution in [-0.2, 0) is 4.74 Å². The van der Waals surface area contributed by atoms with E-state index < -0.39 is 0 Å². The second kappa shape index (κ2) is 9.02. The van der Waals surface area contributed by atoms with Gasteiger partial charge in [-0.05, 0) is 49.7 Å². The number of rotatable bonds is 7. The molecule has 1 saturated heterocycles. The zero-order valence-corrected chi connectivity index (χ0v) is 16.5. The van der Waals surface area contributed by atoms with Crippen LogP contribution >= 0.6 is 0 Å². The van der Waals surface area contributed by atoms with Gasteiger partial charge in [-0.1, -0.05) is 12.1 Å². The van der Waals surface area contributed by atoms with Crippen LogP contribution < -0.4 is 5.32 Å². The molecule has 1 aromatic carbocycles. The third-order valence-corrected chi connectivity index (χ3v) is 4.84. The summed E-state index contributed by atoms with van der Waals surface area (Å²) in [5, 5.41) is 7.37. The van der Waals surface area contributed by atoms with Gasteiger partial charge in [0.1, 0.15) is 0 Å². The number of nitrogens with one attached hydrogen (secondary N) is 1. The van der Waals surface area contributed by atoms with Gasteiger partial charge in [-0.25, -0.2) is 4.68 Å². The summed E-state index contributed by atoms with van der Waals surface area (Å²) < 4.78 is 12.5. The molecule has 1 fully saturated rings. The summed E-state index contributed by atoms with van der Waals surface area (Å²) in [6.07, 6.45) is 2.45. The molecule has 0 spiro atoms. The predicted molar refractivity (Wildman–Crippen MR) is 108 cm³/mol. The van der Waals surface area contributed by atoms with Crippen molar-refractivity contribution in [1.82, 2.24) is 25.0 Å². The molecule has 2 aromatic heterocycles. The smallest absolute Gasteiger partial charge is 0.290 e. The Balaban J connectivity index is 1.45. The highest BCUT2D eigenvalue weighted by atomic mass is 16.5. The monoisotopic (exact) mass is 395 g/mol. The number of nitrogens with zero attached hydrogens (tertiary/aromatic N) is 4. The Hall–Kier alpha value is -2.97. The first-order valence-corrected chi connectivity index (χ1v) is 9.87. The maximum absolute atomic E-state index is 12.6. The summed E-state index contributed by atoms with van der Waals surface area (Å²) >= 11 is 0. The van der Waals surface area contributed by atoms with Crippen molar-refractivity contribution < 1.29 is 13.9 Å². The van der Waals surface area contributed by atoms with Crippen molar-refractivity contribution in [2.75, 3.05) is 39.4 Å². The van der Waals surface area contributed by atoms with Crippen LogP contribution in [0.2, 0.25) is 0 Å². The van der Waals surface area contributed by atoms with E-state index in [4.69, 9.17) is 9.15 Å². The molecule has 1 N–H and O–H groups in total. The van der Waals surface area contributed by atoms with E-state index in [0.717, 1.165) is 50.5 Å². The molecule has 8 nitrogen and oxygen atoms in total. The predicted octanol–water partition coefficient (Wildman–Crippen LogP) is 2.29. The first-order valence-electron chi connectivity index (χ1n) is 9.87. The molecule has 0 unspecified atom stereocenters. The Morgan fingerprint density at radius 3 is 2.83 bits per heavy atom. The number of carbonyl (C=O) groups excluding carboxylic acids is 1. The lowest BCUT2D eigenvalue weighted by Gasteiger charge is -2.26. The average Bonchev–Trinajstić information content (AvgIpc) is 3.41. The Labute approximate surface area is 169 Å². The molecule has 0 saturated carbocycles. The fourth-order valence-corrected chi connectivity index (χ4v) is 3.32. The minimum atomic E-state index is -0.286. The number of hydrogen-bond acceptors (Lipinski definition) is 6. The lowest BCUT2D eigenvalue weighted by atomic mass is 10.2. The number of furan rings is 1. The van der Waals surface area contributed by atoms with Gasteiger partial charge in [-0.15, -0.1) is 5.10 Å². The number of aryl methyl sites for hydroxylation is 1. The normalized spacial score (nSPS) is 14.8. The number of benzene rings is 1. The fraction of sp³-hybridized carbons (Fsp3) is 0.381. The van der Waals surface area contributed by atoms with Gasteiger partial charge < -0.3 is 14.5 Å². The number of ether oxygens (including phenoxy) is 1. The van der Waals surface area contributed by atoms with Crippen LogP contribution in [0.4, 0.5) is 0 Å². The van der Waals surface area contributed by atoms with Crippen LogP contribution in [0.25, 0.3) is 17.3 Å². The third kappa shape index (κ3) is 4.72. The molecule has 3 heterocycles. The summed E-state index contributed by atoms with van der Waals surface area (Å²) in [6.45, 7) is 6.98. The highest BCUT2D eigenvalue weighted by Crippen LogP contribution is 2.22. The first kappa shape index (κ1) is 19.4. The zero-order chi connectivity index (χ0) is 20.1. The summed E-state index contributed by atoms with van der Waals surface area (Å²) in [5.74, 6) is 0.903. The van der Waals surface area contributed by atoms with Gasteiger partial charge in [0.05, 0.1) is 25.2 Å². The molecule has 0 bridgehead atoms. The molecule has 0 atom stereocenters. The average molecular weight is 395 g/mol. The molecule has 29 heavy (non-hydrogen) atoms. The van der Waals surface area contributed by atoms with Crippen molar-refractivity contribution in [1.29, 1.82) is 0 Å². The van der Waals surface area contributed by atoms with Gasteiger partial charge >= 0.3 is 0 Å². The van der Waals surface area contributed by atoms with Crippen LogP contribution in [0.5, 0.6) is 0 Å². The van der Waals surface area contributed by atoms with Crippen molar-refractivity contribution in [3.8, 4) is 17.3 Å². The second-order valence-electron chi connectivity index (χ2n) is 7.05. The van der Waals surface area contributed by atoms with Crippen molar-refractivity contribution in [3.05, 3.63) is 54.0 Å². The third-order valence-electron chi connectivity index (χ3n) is 4.84. The van der Waals surface area contributed by atoms with Crippen molar-refractivity contribution >= 4 is 5.91 Å². The Kier molecular flexibility index (Phi) is 6.02. The second-order valence-corrected chi connectivity index (χ2v) is 7.05. The highest BCUT2D eigenvalue weighted by Gasteiger charge is 2.20. The Bertz CT molecular complexity index is 945. The molecule has 3 aromatic rings. The van der Waals surface area contributed by atoms with E-state index in [1.54, 1.807) is 23.1 Å². The highest BCUT2D eigenvalue weighted by molar-refractivity contribution is 5.90. The molecule has 0 aliphatic carbocycles. The van der Waals surface area contributed by atoms with Crippen LogP contribution in [0.3, 0.4) is 0 Å². The van der Waals surface area contributed by atoms with Crippen LogP contribution in [0.15, 0.2) is 47.1 Å². The summed E-state index contributed by atoms with van der Waals surface area (Å²) in [7, 11) is 0. The molecule has 4 rings (SSSR count). The molecular formula is C21H25N5O3. The van der Waals surface area contributed by atoms with E-state index in [2.05, 4.69) is 20.3 Å². The van der Waals surface area contributed by atoms with Crippen LogP contribution in [0.1, 0.15) is 22.6 Å². The first-order chi connectivity index (χ1) is 14.2. The number of morpholine rings is 1. The topological polar surface area (TPSA) is 85.4 Å². The number of amides is 1. The number of carbonyl (C=O) groups is 1. The maximum Gasteiger partial charge on any atom is 0.290 e. The molecule has 1 amide bonds. The standard InChI is InChI=1S/C21H25N5O3/c1-16-5-2-6-17(15-16)26-20(18-7-3-12-29-18)23-19(24-26)21(27)22-8-4-9-25-10-13-28-14-11-25/h2-3,5-7,12,15H,4,8-11,13-14H2,1H3,(H,22,27). The van der Waals surface area contributed by atoms with E-state index in [0.29, 0.717) is 18.1 Å². The summed E-state index contributed by atoms with van der Waals surface area (Å²) in [4.78, 5) is 19.4. The number of aromatic nitrogens is 3.